The molecular formula is C15H23O2PS. The minimum Gasteiger partial charge on any atom is -0.276 e. The van der Waals surface area contributed by atoms with Gasteiger partial charge in [-0.1, -0.05) is 63.1 Å². The van der Waals surface area contributed by atoms with Gasteiger partial charge in [-0.25, -0.2) is 4.57 Å². The number of rotatable bonds is 10. The van der Waals surface area contributed by atoms with Crippen molar-refractivity contribution < 1.29 is 9.09 Å². The summed E-state index contributed by atoms with van der Waals surface area (Å²) in [5.74, 6) is 0. The third-order valence-electron chi connectivity index (χ3n) is 3.04. The predicted molar refractivity (Wildman–Crippen MR) is 82.8 cm³/mol. The second kappa shape index (κ2) is 9.52. The van der Waals surface area contributed by atoms with E-state index in [1.54, 1.807) is 11.8 Å². The molecule has 0 aliphatic carbocycles. The standard InChI is InChI=1S/C15H23O2PS/c1-3-5-9-13-15(12-4-2,17-18-16)19-14-10-7-6-8-11-14/h6-8,10-11H,3-5,9,12-13H2,1-2H3. The third kappa shape index (κ3) is 6.07. The summed E-state index contributed by atoms with van der Waals surface area (Å²) in [7, 11) is -0.217. The normalized spacial score (nSPS) is 14.4. The smallest absolute Gasteiger partial charge is 0.276 e. The fraction of sp³-hybridized carbons (Fsp3) is 0.600. The highest BCUT2D eigenvalue weighted by atomic mass is 32.2. The Morgan fingerprint density at radius 2 is 1.84 bits per heavy atom. The van der Waals surface area contributed by atoms with Gasteiger partial charge in [0.2, 0.25) is 0 Å². The molecule has 0 aliphatic heterocycles. The third-order valence-corrected chi connectivity index (χ3v) is 4.96. The van der Waals surface area contributed by atoms with Gasteiger partial charge in [-0.2, -0.15) is 0 Å². The van der Waals surface area contributed by atoms with Gasteiger partial charge in [0.05, 0.1) is 0 Å². The van der Waals surface area contributed by atoms with E-state index in [1.165, 1.54) is 17.7 Å². The Labute approximate surface area is 122 Å². The molecule has 0 fully saturated rings. The van der Waals surface area contributed by atoms with Crippen molar-refractivity contribution in [1.82, 2.24) is 0 Å². The molecule has 4 heteroatoms. The minimum atomic E-state index is -0.353. The zero-order chi connectivity index (χ0) is 14.0. The molecule has 0 N–H and O–H groups in total. The van der Waals surface area contributed by atoms with Crippen LogP contribution in [0.15, 0.2) is 35.2 Å². The zero-order valence-corrected chi connectivity index (χ0v) is 13.5. The van der Waals surface area contributed by atoms with E-state index in [-0.39, 0.29) is 13.6 Å². The molecule has 19 heavy (non-hydrogen) atoms. The maximum Gasteiger partial charge on any atom is 0.328 e. The van der Waals surface area contributed by atoms with E-state index in [4.69, 9.17) is 4.52 Å². The van der Waals surface area contributed by atoms with Gasteiger partial charge in [0.15, 0.2) is 0 Å². The number of benzene rings is 1. The van der Waals surface area contributed by atoms with E-state index >= 15 is 0 Å². The van der Waals surface area contributed by atoms with Crippen LogP contribution < -0.4 is 0 Å². The van der Waals surface area contributed by atoms with Crippen LogP contribution in [0.3, 0.4) is 0 Å². The Balaban J connectivity index is 2.78. The van der Waals surface area contributed by atoms with E-state index in [0.717, 1.165) is 25.7 Å². The van der Waals surface area contributed by atoms with E-state index in [2.05, 4.69) is 26.0 Å². The molecule has 2 nitrogen and oxygen atoms in total. The highest BCUT2D eigenvalue weighted by Gasteiger charge is 2.31. The summed E-state index contributed by atoms with van der Waals surface area (Å²) < 4.78 is 16.6. The molecule has 0 amide bonds. The lowest BCUT2D eigenvalue weighted by atomic mass is 10.1. The number of hydrogen-bond donors (Lipinski definition) is 0. The summed E-state index contributed by atoms with van der Waals surface area (Å²) in [5, 5.41) is 0. The Morgan fingerprint density at radius 1 is 1.11 bits per heavy atom. The molecule has 1 aromatic carbocycles. The van der Waals surface area contributed by atoms with Crippen molar-refractivity contribution in [3.63, 3.8) is 0 Å². The second-order valence-corrected chi connectivity index (χ2v) is 6.45. The molecule has 106 valence electrons. The van der Waals surface area contributed by atoms with E-state index in [9.17, 15) is 4.57 Å². The molecule has 0 aliphatic rings. The van der Waals surface area contributed by atoms with Crippen LogP contribution in [0.1, 0.15) is 52.4 Å². The van der Waals surface area contributed by atoms with Crippen LogP contribution in [0.4, 0.5) is 0 Å². The van der Waals surface area contributed by atoms with Gasteiger partial charge in [-0.15, -0.1) is 0 Å². The van der Waals surface area contributed by atoms with Gasteiger partial charge < -0.3 is 0 Å². The Hall–Kier alpha value is -0.370. The lowest BCUT2D eigenvalue weighted by Crippen LogP contribution is -2.25. The van der Waals surface area contributed by atoms with Crippen molar-refractivity contribution in [3.05, 3.63) is 30.3 Å². The average molecular weight is 298 g/mol. The topological polar surface area (TPSA) is 26.3 Å². The number of hydrogen-bond acceptors (Lipinski definition) is 3. The summed E-state index contributed by atoms with van der Waals surface area (Å²) in [6.07, 6.45) is 6.40. The van der Waals surface area contributed by atoms with Crippen LogP contribution in [0, 0.1) is 0 Å². The van der Waals surface area contributed by atoms with Crippen LogP contribution in [-0.2, 0) is 9.09 Å². The average Bonchev–Trinajstić information content (AvgIpc) is 2.41. The van der Waals surface area contributed by atoms with Crippen LogP contribution in [0.5, 0.6) is 0 Å². The van der Waals surface area contributed by atoms with Gasteiger partial charge >= 0.3 is 8.69 Å². The fourth-order valence-electron chi connectivity index (χ4n) is 2.13. The molecule has 1 aromatic rings. The van der Waals surface area contributed by atoms with Crippen molar-refractivity contribution in [3.8, 4) is 0 Å². The molecule has 0 saturated carbocycles. The van der Waals surface area contributed by atoms with Crippen molar-refractivity contribution in [1.29, 1.82) is 0 Å². The zero-order valence-electron chi connectivity index (χ0n) is 11.8. The minimum absolute atomic E-state index is 0.217. The lowest BCUT2D eigenvalue weighted by molar-refractivity contribution is 0.158. The quantitative estimate of drug-likeness (QED) is 0.227. The highest BCUT2D eigenvalue weighted by Crippen LogP contribution is 2.43. The molecule has 0 bridgehead atoms. The molecule has 1 atom stereocenters. The first-order chi connectivity index (χ1) is 9.26. The van der Waals surface area contributed by atoms with Crippen LogP contribution in [-0.4, -0.2) is 4.93 Å². The first kappa shape index (κ1) is 16.7. The first-order valence-electron chi connectivity index (χ1n) is 7.01. The first-order valence-corrected chi connectivity index (χ1v) is 8.56. The molecular weight excluding hydrogens is 275 g/mol. The molecule has 0 heterocycles. The fourth-order valence-corrected chi connectivity index (χ4v) is 3.97. The van der Waals surface area contributed by atoms with E-state index in [0.29, 0.717) is 0 Å². The number of thioether (sulfide) groups is 1. The van der Waals surface area contributed by atoms with Crippen molar-refractivity contribution in [2.45, 2.75) is 62.2 Å². The van der Waals surface area contributed by atoms with E-state index in [1.807, 2.05) is 18.2 Å². The molecule has 1 unspecified atom stereocenters. The van der Waals surface area contributed by atoms with Gasteiger partial charge in [0, 0.05) is 4.90 Å². The van der Waals surface area contributed by atoms with Gasteiger partial charge in [-0.05, 0) is 31.4 Å². The molecule has 0 aromatic heterocycles. The number of unbranched alkanes of at least 4 members (excludes halogenated alkanes) is 2. The SMILES string of the molecule is CCCCCC(CCC)(OP=O)Sc1ccccc1. The summed E-state index contributed by atoms with van der Waals surface area (Å²) in [5.41, 5.74) is 0. The van der Waals surface area contributed by atoms with Gasteiger partial charge in [-0.3, -0.25) is 4.52 Å². The monoisotopic (exact) mass is 298 g/mol. The maximum absolute atomic E-state index is 11.0. The maximum atomic E-state index is 11.0. The molecule has 0 saturated heterocycles. The van der Waals surface area contributed by atoms with Crippen molar-refractivity contribution in [2.75, 3.05) is 0 Å². The van der Waals surface area contributed by atoms with Gasteiger partial charge in [0.25, 0.3) is 0 Å². The largest absolute Gasteiger partial charge is 0.328 e. The Morgan fingerprint density at radius 3 is 2.42 bits per heavy atom. The highest BCUT2D eigenvalue weighted by molar-refractivity contribution is 8.00. The van der Waals surface area contributed by atoms with Crippen molar-refractivity contribution >= 4 is 20.4 Å². The Kier molecular flexibility index (Phi) is 8.36. The Bertz CT molecular complexity index is 358. The van der Waals surface area contributed by atoms with Gasteiger partial charge in [0.1, 0.15) is 4.93 Å². The molecule has 0 radical (unpaired) electrons. The molecule has 1 rings (SSSR count). The summed E-state index contributed by atoms with van der Waals surface area (Å²) in [6, 6.07) is 10.2. The summed E-state index contributed by atoms with van der Waals surface area (Å²) >= 11 is 1.71. The molecule has 0 spiro atoms. The second-order valence-electron chi connectivity index (χ2n) is 4.70. The van der Waals surface area contributed by atoms with Crippen molar-refractivity contribution in [2.24, 2.45) is 0 Å². The van der Waals surface area contributed by atoms with Crippen LogP contribution >= 0.6 is 20.4 Å². The van der Waals surface area contributed by atoms with Crippen LogP contribution in [0.2, 0.25) is 0 Å². The lowest BCUT2D eigenvalue weighted by Gasteiger charge is -2.30. The summed E-state index contributed by atoms with van der Waals surface area (Å²) in [6.45, 7) is 4.34. The van der Waals surface area contributed by atoms with E-state index < -0.39 is 0 Å². The summed E-state index contributed by atoms with van der Waals surface area (Å²) in [4.78, 5) is 0.824. The predicted octanol–water partition coefficient (Wildman–Crippen LogP) is 6.08. The van der Waals surface area contributed by atoms with Crippen LogP contribution in [0.25, 0.3) is 0 Å².